The highest BCUT2D eigenvalue weighted by Gasteiger charge is 2.39. The summed E-state index contributed by atoms with van der Waals surface area (Å²) in [5, 5.41) is 24.0. The largest absolute Gasteiger partial charge is 0.508 e. The van der Waals surface area contributed by atoms with E-state index in [1.807, 2.05) is 0 Å². The molecule has 0 aromatic heterocycles. The van der Waals surface area contributed by atoms with Crippen LogP contribution < -0.4 is 22.1 Å². The quantitative estimate of drug-likeness (QED) is 0.205. The van der Waals surface area contributed by atoms with E-state index in [-0.39, 0.29) is 31.6 Å². The van der Waals surface area contributed by atoms with Crippen molar-refractivity contribution in [2.24, 2.45) is 11.5 Å². The summed E-state index contributed by atoms with van der Waals surface area (Å²) < 4.78 is 0. The highest BCUT2D eigenvalue weighted by atomic mass is 16.4. The van der Waals surface area contributed by atoms with Gasteiger partial charge in [-0.3, -0.25) is 19.2 Å². The molecule has 0 radical (unpaired) electrons. The third-order valence-corrected chi connectivity index (χ3v) is 6.48. The average molecular weight is 540 g/mol. The Kier molecular flexibility index (Phi) is 9.98. The number of phenolic OH excluding ortho intramolecular Hbond substituents is 1. The molecule has 1 fully saturated rings. The van der Waals surface area contributed by atoms with E-state index in [4.69, 9.17) is 11.5 Å². The SMILES string of the molecule is NC(=O)CC(NC(=O)C(N)Cc1ccc(O)cc1)C(=O)N1CCCC1C(=O)NC(Cc1ccccc1)C(=O)O. The molecular weight excluding hydrogens is 506 g/mol. The first kappa shape index (κ1) is 29.1. The zero-order chi connectivity index (χ0) is 28.5. The Morgan fingerprint density at radius 3 is 2.18 bits per heavy atom. The second-order valence-electron chi connectivity index (χ2n) is 9.49. The third kappa shape index (κ3) is 8.27. The number of benzene rings is 2. The molecule has 3 rings (SSSR count). The number of primary amides is 1. The van der Waals surface area contributed by atoms with Crippen LogP contribution in [0, 0.1) is 0 Å². The summed E-state index contributed by atoms with van der Waals surface area (Å²) >= 11 is 0. The van der Waals surface area contributed by atoms with Gasteiger partial charge < -0.3 is 37.2 Å². The van der Waals surface area contributed by atoms with Crippen molar-refractivity contribution in [2.45, 2.75) is 56.3 Å². The molecule has 12 nitrogen and oxygen atoms in total. The van der Waals surface area contributed by atoms with E-state index in [2.05, 4.69) is 10.6 Å². The molecule has 0 bridgehead atoms. The molecule has 4 atom stereocenters. The number of nitrogens with zero attached hydrogens (tertiary/aromatic N) is 1. The van der Waals surface area contributed by atoms with Gasteiger partial charge in [0.15, 0.2) is 0 Å². The second kappa shape index (κ2) is 13.4. The standard InChI is InChI=1S/C27H33N5O7/c28-19(13-17-8-10-18(33)11-9-17)24(35)30-20(15-23(29)34)26(37)32-12-4-7-22(32)25(36)31-21(27(38)39)14-16-5-2-1-3-6-16/h1-3,5-6,8-11,19-22,33H,4,7,12-15,28H2,(H2,29,34)(H,30,35)(H,31,36)(H,38,39). The molecule has 0 spiro atoms. The molecule has 2 aromatic carbocycles. The Labute approximate surface area is 225 Å². The van der Waals surface area contributed by atoms with Gasteiger partial charge in [0.25, 0.3) is 0 Å². The van der Waals surface area contributed by atoms with Crippen molar-refractivity contribution in [3.63, 3.8) is 0 Å². The molecule has 12 heteroatoms. The van der Waals surface area contributed by atoms with Gasteiger partial charge in [-0.05, 0) is 42.5 Å². The Morgan fingerprint density at radius 1 is 0.923 bits per heavy atom. The van der Waals surface area contributed by atoms with E-state index >= 15 is 0 Å². The van der Waals surface area contributed by atoms with Crippen LogP contribution in [0.25, 0.3) is 0 Å². The van der Waals surface area contributed by atoms with Gasteiger partial charge in [0.2, 0.25) is 23.6 Å². The number of rotatable bonds is 12. The molecule has 208 valence electrons. The van der Waals surface area contributed by atoms with Gasteiger partial charge in [0.05, 0.1) is 12.5 Å². The number of hydrogen-bond acceptors (Lipinski definition) is 7. The monoisotopic (exact) mass is 539 g/mol. The summed E-state index contributed by atoms with van der Waals surface area (Å²) in [7, 11) is 0. The van der Waals surface area contributed by atoms with E-state index in [9.17, 15) is 34.2 Å². The number of aromatic hydroxyl groups is 1. The van der Waals surface area contributed by atoms with Crippen LogP contribution >= 0.6 is 0 Å². The second-order valence-corrected chi connectivity index (χ2v) is 9.49. The van der Waals surface area contributed by atoms with Gasteiger partial charge >= 0.3 is 5.97 Å². The van der Waals surface area contributed by atoms with Gasteiger partial charge in [-0.25, -0.2) is 4.79 Å². The maximum Gasteiger partial charge on any atom is 0.326 e. The van der Waals surface area contributed by atoms with Crippen molar-refractivity contribution in [2.75, 3.05) is 6.54 Å². The van der Waals surface area contributed by atoms with Crippen molar-refractivity contribution in [1.29, 1.82) is 0 Å². The van der Waals surface area contributed by atoms with Crippen LogP contribution in [0.15, 0.2) is 54.6 Å². The molecule has 0 saturated carbocycles. The van der Waals surface area contributed by atoms with Crippen LogP contribution in [-0.4, -0.2) is 75.4 Å². The molecule has 1 aliphatic heterocycles. The third-order valence-electron chi connectivity index (χ3n) is 6.48. The number of likely N-dealkylation sites (tertiary alicyclic amines) is 1. The van der Waals surface area contributed by atoms with Crippen molar-refractivity contribution in [1.82, 2.24) is 15.5 Å². The fraction of sp³-hybridized carbons (Fsp3) is 0.370. The number of carbonyl (C=O) groups excluding carboxylic acids is 4. The van der Waals surface area contributed by atoms with Crippen molar-refractivity contribution in [3.8, 4) is 5.75 Å². The predicted octanol–water partition coefficient (Wildman–Crippen LogP) is -0.575. The van der Waals surface area contributed by atoms with Gasteiger partial charge in [0.1, 0.15) is 23.9 Å². The molecule has 1 heterocycles. The van der Waals surface area contributed by atoms with E-state index < -0.39 is 60.2 Å². The molecule has 1 saturated heterocycles. The smallest absolute Gasteiger partial charge is 0.326 e. The Bertz CT molecular complexity index is 1190. The number of nitrogens with one attached hydrogen (secondary N) is 2. The number of carbonyl (C=O) groups is 5. The number of aliphatic carboxylic acids is 1. The molecule has 4 unspecified atom stereocenters. The summed E-state index contributed by atoms with van der Waals surface area (Å²) in [5.41, 5.74) is 12.7. The topological polar surface area (TPSA) is 205 Å². The first-order valence-corrected chi connectivity index (χ1v) is 12.5. The zero-order valence-corrected chi connectivity index (χ0v) is 21.3. The first-order valence-electron chi connectivity index (χ1n) is 12.5. The highest BCUT2D eigenvalue weighted by molar-refractivity contribution is 5.96. The van der Waals surface area contributed by atoms with Crippen LogP contribution in [0.1, 0.15) is 30.4 Å². The summed E-state index contributed by atoms with van der Waals surface area (Å²) in [6.45, 7) is 0.179. The summed E-state index contributed by atoms with van der Waals surface area (Å²) in [6.07, 6.45) is 0.413. The summed E-state index contributed by atoms with van der Waals surface area (Å²) in [5.74, 6) is -4.03. The molecule has 1 aliphatic rings. The van der Waals surface area contributed by atoms with E-state index in [0.717, 1.165) is 5.56 Å². The van der Waals surface area contributed by atoms with Crippen molar-refractivity contribution >= 4 is 29.6 Å². The van der Waals surface area contributed by atoms with Crippen LogP contribution in [0.2, 0.25) is 0 Å². The number of carboxylic acid groups (broad SMARTS) is 1. The number of carboxylic acids is 1. The fourth-order valence-corrected chi connectivity index (χ4v) is 4.48. The number of nitrogens with two attached hydrogens (primary N) is 2. The molecule has 0 aliphatic carbocycles. The van der Waals surface area contributed by atoms with Gasteiger partial charge in [-0.15, -0.1) is 0 Å². The predicted molar refractivity (Wildman–Crippen MR) is 140 cm³/mol. The van der Waals surface area contributed by atoms with Crippen molar-refractivity contribution < 1.29 is 34.2 Å². The highest BCUT2D eigenvalue weighted by Crippen LogP contribution is 2.20. The van der Waals surface area contributed by atoms with Crippen LogP contribution in [0.5, 0.6) is 5.75 Å². The molecule has 8 N–H and O–H groups in total. The normalized spacial score (nSPS) is 17.1. The number of hydrogen-bond donors (Lipinski definition) is 6. The summed E-state index contributed by atoms with van der Waals surface area (Å²) in [6, 6.07) is 10.3. The molecule has 2 aromatic rings. The van der Waals surface area contributed by atoms with Gasteiger partial charge in [0, 0.05) is 13.0 Å². The minimum Gasteiger partial charge on any atom is -0.508 e. The van der Waals surface area contributed by atoms with Crippen LogP contribution in [-0.2, 0) is 36.8 Å². The molecular formula is C27H33N5O7. The van der Waals surface area contributed by atoms with E-state index in [1.54, 1.807) is 42.5 Å². The number of amides is 4. The molecule has 4 amide bonds. The minimum atomic E-state index is -1.35. The first-order chi connectivity index (χ1) is 18.5. The lowest BCUT2D eigenvalue weighted by Gasteiger charge is -2.29. The van der Waals surface area contributed by atoms with E-state index in [1.165, 1.54) is 17.0 Å². The van der Waals surface area contributed by atoms with Crippen LogP contribution in [0.4, 0.5) is 0 Å². The van der Waals surface area contributed by atoms with E-state index in [0.29, 0.717) is 12.0 Å². The molecule has 39 heavy (non-hydrogen) atoms. The Balaban J connectivity index is 1.68. The Hall–Kier alpha value is -4.45. The lowest BCUT2D eigenvalue weighted by atomic mass is 10.0. The lowest BCUT2D eigenvalue weighted by Crippen LogP contribution is -2.57. The van der Waals surface area contributed by atoms with Gasteiger partial charge in [-0.1, -0.05) is 42.5 Å². The minimum absolute atomic E-state index is 0.0574. The fourth-order valence-electron chi connectivity index (χ4n) is 4.48. The van der Waals surface area contributed by atoms with Gasteiger partial charge in [-0.2, -0.15) is 0 Å². The number of phenols is 1. The maximum atomic E-state index is 13.4. The zero-order valence-electron chi connectivity index (χ0n) is 21.3. The average Bonchev–Trinajstić information content (AvgIpc) is 3.39. The Morgan fingerprint density at radius 2 is 1.56 bits per heavy atom. The lowest BCUT2D eigenvalue weighted by molar-refractivity contribution is -0.145. The maximum absolute atomic E-state index is 13.4. The summed E-state index contributed by atoms with van der Waals surface area (Å²) in [4.78, 5) is 64.0. The van der Waals surface area contributed by atoms with Crippen molar-refractivity contribution in [3.05, 3.63) is 65.7 Å². The van der Waals surface area contributed by atoms with Crippen LogP contribution in [0.3, 0.4) is 0 Å².